The summed E-state index contributed by atoms with van der Waals surface area (Å²) in [7, 11) is -3.95. The molecule has 0 radical (unpaired) electrons. The molecule has 2 unspecified atom stereocenters. The topological polar surface area (TPSA) is 83.9 Å². The number of halogens is 2. The third-order valence-electron chi connectivity index (χ3n) is 5.14. The van der Waals surface area contributed by atoms with Crippen LogP contribution in [0.25, 0.3) is 0 Å². The van der Waals surface area contributed by atoms with E-state index in [4.69, 9.17) is 33.0 Å². The predicted octanol–water partition coefficient (Wildman–Crippen LogP) is 4.60. The molecule has 0 aliphatic heterocycles. The van der Waals surface area contributed by atoms with Gasteiger partial charge in [-0.3, -0.25) is 0 Å². The maximum absolute atomic E-state index is 13.6. The second-order valence-corrected chi connectivity index (χ2v) is 9.91. The highest BCUT2D eigenvalue weighted by Crippen LogP contribution is 2.33. The quantitative estimate of drug-likeness (QED) is 0.607. The van der Waals surface area contributed by atoms with Crippen molar-refractivity contribution in [2.45, 2.75) is 49.3 Å². The zero-order valence-corrected chi connectivity index (χ0v) is 18.5. The minimum Gasteiger partial charge on any atom is -0.480 e. The number of carboxylic acids is 1. The van der Waals surface area contributed by atoms with E-state index in [9.17, 15) is 13.2 Å². The summed E-state index contributed by atoms with van der Waals surface area (Å²) in [5, 5.41) is 9.44. The van der Waals surface area contributed by atoms with Gasteiger partial charge in [0, 0.05) is 6.54 Å². The lowest BCUT2D eigenvalue weighted by Crippen LogP contribution is -2.49. The average Bonchev–Trinajstić information content (AvgIpc) is 2.73. The van der Waals surface area contributed by atoms with Gasteiger partial charge in [-0.1, -0.05) is 66.4 Å². The molecule has 0 spiro atoms. The zero-order valence-electron chi connectivity index (χ0n) is 16.2. The Morgan fingerprint density at radius 1 is 1.07 bits per heavy atom. The van der Waals surface area contributed by atoms with Crippen LogP contribution in [0, 0.1) is 0 Å². The van der Waals surface area contributed by atoms with Crippen LogP contribution in [-0.4, -0.2) is 42.6 Å². The number of benzene rings is 2. The van der Waals surface area contributed by atoms with Gasteiger partial charge >= 0.3 is 5.97 Å². The van der Waals surface area contributed by atoms with Crippen molar-refractivity contribution in [3.8, 4) is 0 Å². The summed E-state index contributed by atoms with van der Waals surface area (Å²) in [5.74, 6) is -1.08. The molecule has 1 aliphatic carbocycles. The van der Waals surface area contributed by atoms with E-state index in [2.05, 4.69) is 0 Å². The summed E-state index contributed by atoms with van der Waals surface area (Å²) >= 11 is 12.0. The minimum absolute atomic E-state index is 0.0374. The van der Waals surface area contributed by atoms with Crippen LogP contribution >= 0.6 is 23.2 Å². The van der Waals surface area contributed by atoms with Gasteiger partial charge in [0.15, 0.2) is 0 Å². The van der Waals surface area contributed by atoms with Gasteiger partial charge in [0.05, 0.1) is 27.1 Å². The largest absolute Gasteiger partial charge is 0.480 e. The monoisotopic (exact) mass is 471 g/mol. The van der Waals surface area contributed by atoms with Crippen LogP contribution in [0.2, 0.25) is 10.0 Å². The Labute approximate surface area is 186 Å². The van der Waals surface area contributed by atoms with Crippen molar-refractivity contribution < 1.29 is 23.1 Å². The molecular weight excluding hydrogens is 449 g/mol. The van der Waals surface area contributed by atoms with Crippen molar-refractivity contribution in [2.75, 3.05) is 6.61 Å². The molecule has 0 saturated heterocycles. The van der Waals surface area contributed by atoms with Crippen LogP contribution < -0.4 is 0 Å². The van der Waals surface area contributed by atoms with E-state index in [0.717, 1.165) is 18.4 Å². The average molecular weight is 472 g/mol. The van der Waals surface area contributed by atoms with E-state index in [1.807, 2.05) is 30.3 Å². The molecule has 1 aliphatic rings. The highest BCUT2D eigenvalue weighted by molar-refractivity contribution is 7.89. The molecule has 0 heterocycles. The molecule has 2 atom stereocenters. The van der Waals surface area contributed by atoms with E-state index in [1.165, 1.54) is 22.5 Å². The fourth-order valence-corrected chi connectivity index (χ4v) is 5.75. The Morgan fingerprint density at radius 3 is 2.43 bits per heavy atom. The molecule has 1 N–H and O–H groups in total. The second-order valence-electron chi connectivity index (χ2n) is 7.21. The molecule has 6 nitrogen and oxygen atoms in total. The number of rotatable bonds is 8. The fourth-order valence-electron chi connectivity index (χ4n) is 3.70. The molecule has 1 saturated carbocycles. The molecular formula is C21H23Cl2NO5S. The summed E-state index contributed by atoms with van der Waals surface area (Å²) in [6.07, 6.45) is 2.36. The lowest BCUT2D eigenvalue weighted by atomic mass is 9.92. The highest BCUT2D eigenvalue weighted by Gasteiger charge is 2.38. The number of carboxylic acid groups (broad SMARTS) is 1. The lowest BCUT2D eigenvalue weighted by molar-refractivity contribution is -0.146. The molecule has 0 bridgehead atoms. The molecule has 2 aromatic carbocycles. The van der Waals surface area contributed by atoms with E-state index >= 15 is 0 Å². The van der Waals surface area contributed by atoms with Crippen LogP contribution in [0.1, 0.15) is 31.2 Å². The van der Waals surface area contributed by atoms with Crippen molar-refractivity contribution in [3.05, 3.63) is 64.1 Å². The summed E-state index contributed by atoms with van der Waals surface area (Å²) in [4.78, 5) is 11.1. The van der Waals surface area contributed by atoms with Gasteiger partial charge in [-0.15, -0.1) is 0 Å². The Balaban J connectivity index is 2.00. The Hall–Kier alpha value is -1.64. The van der Waals surface area contributed by atoms with Crippen molar-refractivity contribution in [3.63, 3.8) is 0 Å². The number of ether oxygens (including phenoxy) is 1. The zero-order chi connectivity index (χ0) is 21.7. The number of carbonyl (C=O) groups is 1. The third-order valence-corrected chi connectivity index (χ3v) is 7.74. The SMILES string of the molecule is O=C(O)COC1CCCCC1N(Cc1ccccc1)S(=O)(=O)c1ccc(Cl)c(Cl)c1. The first-order chi connectivity index (χ1) is 14.3. The number of aliphatic carboxylic acids is 1. The summed E-state index contributed by atoms with van der Waals surface area (Å²) < 4.78 is 34.3. The van der Waals surface area contributed by atoms with Gasteiger partial charge in [0.25, 0.3) is 0 Å². The van der Waals surface area contributed by atoms with Crippen molar-refractivity contribution in [1.82, 2.24) is 4.31 Å². The Kier molecular flexibility index (Phi) is 7.76. The van der Waals surface area contributed by atoms with Crippen molar-refractivity contribution in [2.24, 2.45) is 0 Å². The Morgan fingerprint density at radius 2 is 1.77 bits per heavy atom. The second kappa shape index (κ2) is 10.1. The van der Waals surface area contributed by atoms with Crippen molar-refractivity contribution in [1.29, 1.82) is 0 Å². The first kappa shape index (κ1) is 23.0. The first-order valence-electron chi connectivity index (χ1n) is 9.63. The molecule has 0 amide bonds. The van der Waals surface area contributed by atoms with Crippen LogP contribution in [0.4, 0.5) is 0 Å². The van der Waals surface area contributed by atoms with E-state index in [0.29, 0.717) is 12.8 Å². The highest BCUT2D eigenvalue weighted by atomic mass is 35.5. The Bertz CT molecular complexity index is 984. The van der Waals surface area contributed by atoms with Crippen LogP contribution in [0.3, 0.4) is 0 Å². The van der Waals surface area contributed by atoms with Crippen LogP contribution in [-0.2, 0) is 26.1 Å². The molecule has 2 aromatic rings. The lowest BCUT2D eigenvalue weighted by Gasteiger charge is -2.38. The van der Waals surface area contributed by atoms with Crippen LogP contribution in [0.15, 0.2) is 53.4 Å². The van der Waals surface area contributed by atoms with E-state index in [-0.39, 0.29) is 21.5 Å². The normalized spacial score (nSPS) is 19.7. The van der Waals surface area contributed by atoms with Crippen molar-refractivity contribution >= 4 is 39.2 Å². The number of sulfonamides is 1. The summed E-state index contributed by atoms with van der Waals surface area (Å²) in [6.45, 7) is -0.325. The fraction of sp³-hybridized carbons (Fsp3) is 0.381. The van der Waals surface area contributed by atoms with Gasteiger partial charge < -0.3 is 9.84 Å². The van der Waals surface area contributed by atoms with Gasteiger partial charge in [-0.05, 0) is 36.6 Å². The summed E-state index contributed by atoms with van der Waals surface area (Å²) in [6, 6.07) is 13.0. The van der Waals surface area contributed by atoms with Gasteiger partial charge in [0.1, 0.15) is 6.61 Å². The number of nitrogens with zero attached hydrogens (tertiary/aromatic N) is 1. The van der Waals surface area contributed by atoms with Gasteiger partial charge in [0.2, 0.25) is 10.0 Å². The third kappa shape index (κ3) is 5.53. The molecule has 162 valence electrons. The number of hydrogen-bond acceptors (Lipinski definition) is 4. The van der Waals surface area contributed by atoms with E-state index in [1.54, 1.807) is 0 Å². The summed E-state index contributed by atoms with van der Waals surface area (Å²) in [5.41, 5.74) is 0.823. The maximum atomic E-state index is 13.6. The van der Waals surface area contributed by atoms with E-state index < -0.39 is 34.7 Å². The smallest absolute Gasteiger partial charge is 0.329 e. The molecule has 3 rings (SSSR count). The molecule has 30 heavy (non-hydrogen) atoms. The van der Waals surface area contributed by atoms with Crippen LogP contribution in [0.5, 0.6) is 0 Å². The maximum Gasteiger partial charge on any atom is 0.329 e. The van der Waals surface area contributed by atoms with Gasteiger partial charge in [-0.25, -0.2) is 13.2 Å². The molecule has 0 aromatic heterocycles. The first-order valence-corrected chi connectivity index (χ1v) is 11.8. The van der Waals surface area contributed by atoms with Gasteiger partial charge in [-0.2, -0.15) is 4.31 Å². The predicted molar refractivity (Wildman–Crippen MR) is 115 cm³/mol. The minimum atomic E-state index is -3.95. The molecule has 1 fully saturated rings. The molecule has 9 heteroatoms. The standard InChI is InChI=1S/C21H23Cl2NO5S/c22-17-11-10-16(12-18(17)23)30(27,28)24(13-15-6-2-1-3-7-15)19-8-4-5-9-20(19)29-14-21(25)26/h1-3,6-7,10-12,19-20H,4-5,8-9,13-14H2,(H,25,26). The number of hydrogen-bond donors (Lipinski definition) is 1.